The first-order valence-electron chi connectivity index (χ1n) is 8.67. The highest BCUT2D eigenvalue weighted by Crippen LogP contribution is 2.16. The number of hydrogen-bond acceptors (Lipinski definition) is 6. The Hall–Kier alpha value is -3.96. The molecule has 3 aromatic rings. The van der Waals surface area contributed by atoms with E-state index in [4.69, 9.17) is 5.11 Å². The number of carboxylic acids is 1. The number of aromatic nitrogens is 6. The molecule has 0 bridgehead atoms. The van der Waals surface area contributed by atoms with Gasteiger partial charge < -0.3 is 15.7 Å². The molecule has 3 heterocycles. The van der Waals surface area contributed by atoms with Gasteiger partial charge in [-0.15, -0.1) is 0 Å². The zero-order valence-electron chi connectivity index (χ0n) is 15.9. The maximum absolute atomic E-state index is 12.6. The first kappa shape index (κ1) is 19.8. The summed E-state index contributed by atoms with van der Waals surface area (Å²) >= 11 is 0. The van der Waals surface area contributed by atoms with Crippen molar-refractivity contribution in [2.24, 2.45) is 14.1 Å². The molecule has 12 heteroatoms. The van der Waals surface area contributed by atoms with E-state index < -0.39 is 17.8 Å². The van der Waals surface area contributed by atoms with Gasteiger partial charge in [0, 0.05) is 38.6 Å². The number of aryl methyl sites for hydroxylation is 3. The Labute approximate surface area is 165 Å². The molecule has 0 saturated heterocycles. The molecule has 3 N–H and O–H groups in total. The van der Waals surface area contributed by atoms with Crippen LogP contribution in [0.2, 0.25) is 0 Å². The molecular formula is C17H20N8O4. The molecule has 2 amide bonds. The largest absolute Gasteiger partial charge is 0.481 e. The zero-order chi connectivity index (χ0) is 21.0. The van der Waals surface area contributed by atoms with E-state index in [-0.39, 0.29) is 36.5 Å². The van der Waals surface area contributed by atoms with Gasteiger partial charge in [-0.1, -0.05) is 0 Å². The number of hydrogen-bond donors (Lipinski definition) is 3. The van der Waals surface area contributed by atoms with Gasteiger partial charge in [0.2, 0.25) is 0 Å². The monoisotopic (exact) mass is 400 g/mol. The summed E-state index contributed by atoms with van der Waals surface area (Å²) in [7, 11) is 3.38. The molecule has 3 aromatic heterocycles. The second-order valence-corrected chi connectivity index (χ2v) is 6.33. The third-order valence-corrected chi connectivity index (χ3v) is 4.06. The summed E-state index contributed by atoms with van der Waals surface area (Å²) in [6.07, 6.45) is 7.48. The lowest BCUT2D eigenvalue weighted by Gasteiger charge is -2.08. The lowest BCUT2D eigenvalue weighted by molar-refractivity contribution is -0.137. The first-order valence-corrected chi connectivity index (χ1v) is 8.67. The lowest BCUT2D eigenvalue weighted by Crippen LogP contribution is -2.26. The van der Waals surface area contributed by atoms with E-state index >= 15 is 0 Å². The summed E-state index contributed by atoms with van der Waals surface area (Å²) in [5.74, 6) is -1.84. The van der Waals surface area contributed by atoms with Crippen molar-refractivity contribution < 1.29 is 19.5 Å². The van der Waals surface area contributed by atoms with Gasteiger partial charge in [-0.25, -0.2) is 0 Å². The highest BCUT2D eigenvalue weighted by Gasteiger charge is 2.20. The van der Waals surface area contributed by atoms with Crippen LogP contribution in [0.15, 0.2) is 31.0 Å². The predicted octanol–water partition coefficient (Wildman–Crippen LogP) is 0.00710. The molecule has 0 radical (unpaired) electrons. The zero-order valence-corrected chi connectivity index (χ0v) is 15.9. The molecule has 12 nitrogen and oxygen atoms in total. The van der Waals surface area contributed by atoms with E-state index in [0.717, 1.165) is 5.56 Å². The average Bonchev–Trinajstić information content (AvgIpc) is 3.39. The molecule has 0 atom stereocenters. The van der Waals surface area contributed by atoms with E-state index in [2.05, 4.69) is 25.9 Å². The molecule has 29 heavy (non-hydrogen) atoms. The topological polar surface area (TPSA) is 149 Å². The van der Waals surface area contributed by atoms with Crippen molar-refractivity contribution in [1.82, 2.24) is 34.7 Å². The van der Waals surface area contributed by atoms with Crippen molar-refractivity contribution in [2.75, 3.05) is 5.32 Å². The standard InChI is InChI=1S/C17H20N8O4/c1-23-9-11(6-19-23)5-18-17(29)15-13(8-20-24(15)2)22-16(28)12-7-21-25(10-12)4-3-14(26)27/h6-10H,3-5H2,1-2H3,(H,18,29)(H,22,28)(H,26,27). The highest BCUT2D eigenvalue weighted by molar-refractivity contribution is 6.08. The fourth-order valence-corrected chi connectivity index (χ4v) is 2.64. The molecule has 0 spiro atoms. The molecule has 152 valence electrons. The average molecular weight is 400 g/mol. The number of carboxylic acid groups (broad SMARTS) is 1. The highest BCUT2D eigenvalue weighted by atomic mass is 16.4. The van der Waals surface area contributed by atoms with Gasteiger partial charge in [0.1, 0.15) is 5.69 Å². The normalized spacial score (nSPS) is 10.7. The van der Waals surface area contributed by atoms with Gasteiger partial charge in [-0.3, -0.25) is 28.4 Å². The van der Waals surface area contributed by atoms with Gasteiger partial charge in [0.15, 0.2) is 0 Å². The van der Waals surface area contributed by atoms with Gasteiger partial charge in [-0.05, 0) is 0 Å². The Morgan fingerprint density at radius 3 is 2.52 bits per heavy atom. The van der Waals surface area contributed by atoms with E-state index in [1.165, 1.54) is 28.0 Å². The number of nitrogens with zero attached hydrogens (tertiary/aromatic N) is 6. The van der Waals surface area contributed by atoms with Crippen LogP contribution in [0.4, 0.5) is 5.69 Å². The molecule has 0 fully saturated rings. The van der Waals surface area contributed by atoms with Crippen LogP contribution < -0.4 is 10.6 Å². The number of amides is 2. The maximum atomic E-state index is 12.6. The summed E-state index contributed by atoms with van der Waals surface area (Å²) in [5, 5.41) is 26.2. The van der Waals surface area contributed by atoms with Crippen molar-refractivity contribution >= 4 is 23.5 Å². The Kier molecular flexibility index (Phi) is 5.71. The minimum atomic E-state index is -0.955. The Balaban J connectivity index is 1.66. The number of carbonyl (C=O) groups excluding carboxylic acids is 2. The predicted molar refractivity (Wildman–Crippen MR) is 100 cm³/mol. The smallest absolute Gasteiger partial charge is 0.305 e. The van der Waals surface area contributed by atoms with Crippen LogP contribution in [0.25, 0.3) is 0 Å². The number of rotatable bonds is 8. The summed E-state index contributed by atoms with van der Waals surface area (Å²) in [5.41, 5.74) is 1.52. The molecule has 0 aromatic carbocycles. The van der Waals surface area contributed by atoms with Crippen LogP contribution in [0.5, 0.6) is 0 Å². The van der Waals surface area contributed by atoms with Gasteiger partial charge in [-0.2, -0.15) is 15.3 Å². The summed E-state index contributed by atoms with van der Waals surface area (Å²) in [6, 6.07) is 0. The van der Waals surface area contributed by atoms with Gasteiger partial charge in [0.05, 0.1) is 42.8 Å². The van der Waals surface area contributed by atoms with Crippen LogP contribution in [0.3, 0.4) is 0 Å². The quantitative estimate of drug-likeness (QED) is 0.482. The molecule has 3 rings (SSSR count). The van der Waals surface area contributed by atoms with Crippen LogP contribution in [0.1, 0.15) is 32.8 Å². The third-order valence-electron chi connectivity index (χ3n) is 4.06. The van der Waals surface area contributed by atoms with Crippen LogP contribution in [-0.4, -0.2) is 52.2 Å². The molecule has 0 aliphatic carbocycles. The number of nitrogens with one attached hydrogen (secondary N) is 2. The molecule has 0 saturated carbocycles. The maximum Gasteiger partial charge on any atom is 0.305 e. The van der Waals surface area contributed by atoms with E-state index in [0.29, 0.717) is 0 Å². The minimum absolute atomic E-state index is 0.105. The van der Waals surface area contributed by atoms with Crippen molar-refractivity contribution in [2.45, 2.75) is 19.5 Å². The van der Waals surface area contributed by atoms with Gasteiger partial charge in [0.25, 0.3) is 11.8 Å². The van der Waals surface area contributed by atoms with Crippen molar-refractivity contribution in [3.63, 3.8) is 0 Å². The minimum Gasteiger partial charge on any atom is -0.481 e. The fourth-order valence-electron chi connectivity index (χ4n) is 2.64. The number of anilines is 1. The SMILES string of the molecule is Cn1cc(CNC(=O)c2c(NC(=O)c3cnn(CCC(=O)O)c3)cnn2C)cn1. The molecular weight excluding hydrogens is 380 g/mol. The van der Waals surface area contributed by atoms with Crippen LogP contribution >= 0.6 is 0 Å². The van der Waals surface area contributed by atoms with E-state index in [1.54, 1.807) is 31.2 Å². The third kappa shape index (κ3) is 4.86. The summed E-state index contributed by atoms with van der Waals surface area (Å²) < 4.78 is 4.37. The second-order valence-electron chi connectivity index (χ2n) is 6.33. The van der Waals surface area contributed by atoms with Gasteiger partial charge >= 0.3 is 5.97 Å². The van der Waals surface area contributed by atoms with Crippen molar-refractivity contribution in [3.05, 3.63) is 47.8 Å². The molecule has 0 unspecified atom stereocenters. The molecule has 0 aliphatic heterocycles. The Bertz CT molecular complexity index is 1050. The van der Waals surface area contributed by atoms with Crippen LogP contribution in [0, 0.1) is 0 Å². The summed E-state index contributed by atoms with van der Waals surface area (Å²) in [6.45, 7) is 0.430. The Morgan fingerprint density at radius 1 is 1.03 bits per heavy atom. The Morgan fingerprint density at radius 2 is 1.83 bits per heavy atom. The van der Waals surface area contributed by atoms with Crippen LogP contribution in [-0.2, 0) is 32.0 Å². The lowest BCUT2D eigenvalue weighted by atomic mass is 10.3. The van der Waals surface area contributed by atoms with E-state index in [1.807, 2.05) is 0 Å². The van der Waals surface area contributed by atoms with Crippen molar-refractivity contribution in [1.29, 1.82) is 0 Å². The molecule has 0 aliphatic rings. The fraction of sp³-hybridized carbons (Fsp3) is 0.294. The first-order chi connectivity index (χ1) is 13.8. The van der Waals surface area contributed by atoms with E-state index in [9.17, 15) is 14.4 Å². The summed E-state index contributed by atoms with van der Waals surface area (Å²) in [4.78, 5) is 35.7. The number of carbonyl (C=O) groups is 3. The second kappa shape index (κ2) is 8.37. The van der Waals surface area contributed by atoms with Crippen molar-refractivity contribution in [3.8, 4) is 0 Å². The number of aliphatic carboxylic acids is 1.